The largest absolute Gasteiger partial charge is 0.383 e. The van der Waals surface area contributed by atoms with E-state index < -0.39 is 10.0 Å². The second kappa shape index (κ2) is 7.02. The van der Waals surface area contributed by atoms with Crippen molar-refractivity contribution in [2.75, 3.05) is 11.9 Å². The van der Waals surface area contributed by atoms with Gasteiger partial charge in [-0.1, -0.05) is 6.92 Å². The summed E-state index contributed by atoms with van der Waals surface area (Å²) in [6.45, 7) is 4.91. The lowest BCUT2D eigenvalue weighted by atomic mass is 10.2. The molecule has 0 fully saturated rings. The predicted molar refractivity (Wildman–Crippen MR) is 86.1 cm³/mol. The first-order valence-corrected chi connectivity index (χ1v) is 9.18. The van der Waals surface area contributed by atoms with Gasteiger partial charge in [-0.25, -0.2) is 18.1 Å². The van der Waals surface area contributed by atoms with Crippen molar-refractivity contribution in [2.24, 2.45) is 0 Å². The Morgan fingerprint density at radius 3 is 2.81 bits per heavy atom. The lowest BCUT2D eigenvalue weighted by Crippen LogP contribution is -2.25. The number of anilines is 1. The van der Waals surface area contributed by atoms with Gasteiger partial charge < -0.3 is 5.32 Å². The van der Waals surface area contributed by atoms with Crippen LogP contribution in [-0.4, -0.2) is 19.9 Å². The molecule has 21 heavy (non-hydrogen) atoms. The van der Waals surface area contributed by atoms with Crippen LogP contribution in [0, 0.1) is 0 Å². The summed E-state index contributed by atoms with van der Waals surface area (Å²) in [5, 5.41) is 5.04. The fraction of sp³-hybridized carbons (Fsp3) is 0.357. The first-order chi connectivity index (χ1) is 10.1. The van der Waals surface area contributed by atoms with E-state index in [0.29, 0.717) is 18.8 Å². The van der Waals surface area contributed by atoms with Crippen molar-refractivity contribution < 1.29 is 8.42 Å². The fourth-order valence-electron chi connectivity index (χ4n) is 2.00. The molecular formula is C14H19N3O2S2. The Hall–Kier alpha value is -1.44. The van der Waals surface area contributed by atoms with Crippen LogP contribution < -0.4 is 10.0 Å². The van der Waals surface area contributed by atoms with E-state index in [4.69, 9.17) is 0 Å². The van der Waals surface area contributed by atoms with Crippen molar-refractivity contribution in [3.05, 3.63) is 40.2 Å². The Morgan fingerprint density at radius 1 is 1.29 bits per heavy atom. The molecule has 7 heteroatoms. The minimum atomic E-state index is -3.63. The first kappa shape index (κ1) is 15.9. The molecule has 0 saturated carbocycles. The summed E-state index contributed by atoms with van der Waals surface area (Å²) in [7, 11) is -3.63. The molecular weight excluding hydrogens is 306 g/mol. The van der Waals surface area contributed by atoms with Crippen LogP contribution in [0.4, 0.5) is 5.69 Å². The van der Waals surface area contributed by atoms with Crippen LogP contribution in [0.1, 0.15) is 24.3 Å². The lowest BCUT2D eigenvalue weighted by molar-refractivity contribution is 0.578. The van der Waals surface area contributed by atoms with Crippen LogP contribution in [0.3, 0.4) is 0 Å². The molecule has 0 bridgehead atoms. The smallest absolute Gasteiger partial charge is 0.260 e. The van der Waals surface area contributed by atoms with Gasteiger partial charge >= 0.3 is 0 Å². The zero-order valence-corrected chi connectivity index (χ0v) is 13.7. The van der Waals surface area contributed by atoms with Gasteiger partial charge in [0.2, 0.25) is 0 Å². The number of thiophene rings is 1. The zero-order chi connectivity index (χ0) is 15.3. The molecule has 114 valence electrons. The summed E-state index contributed by atoms with van der Waals surface area (Å²) in [5.41, 5.74) is 1.70. The van der Waals surface area contributed by atoms with Gasteiger partial charge in [-0.2, -0.15) is 0 Å². The number of hydrogen-bond acceptors (Lipinski definition) is 5. The van der Waals surface area contributed by atoms with Crippen molar-refractivity contribution >= 4 is 27.0 Å². The summed E-state index contributed by atoms with van der Waals surface area (Å²) >= 11 is 1.56. The summed E-state index contributed by atoms with van der Waals surface area (Å²) < 4.78 is 27.5. The topological polar surface area (TPSA) is 71.1 Å². The molecule has 0 unspecified atom stereocenters. The van der Waals surface area contributed by atoms with Gasteiger partial charge in [-0.3, -0.25) is 0 Å². The fourth-order valence-corrected chi connectivity index (χ4v) is 4.10. The highest BCUT2D eigenvalue weighted by atomic mass is 32.2. The van der Waals surface area contributed by atoms with E-state index in [2.05, 4.69) is 21.9 Å². The van der Waals surface area contributed by atoms with Crippen molar-refractivity contribution in [1.29, 1.82) is 0 Å². The third kappa shape index (κ3) is 3.81. The van der Waals surface area contributed by atoms with Gasteiger partial charge in [-0.15, -0.1) is 11.3 Å². The number of pyridine rings is 1. The van der Waals surface area contributed by atoms with Crippen LogP contribution in [0.25, 0.3) is 0 Å². The first-order valence-electron chi connectivity index (χ1n) is 6.82. The third-order valence-electron chi connectivity index (χ3n) is 3.03. The van der Waals surface area contributed by atoms with Crippen LogP contribution in [0.2, 0.25) is 0 Å². The number of hydrogen-bond donors (Lipinski definition) is 2. The maximum absolute atomic E-state index is 12.4. The van der Waals surface area contributed by atoms with Gasteiger partial charge in [-0.05, 0) is 42.5 Å². The number of sulfonamides is 1. The Morgan fingerprint density at radius 2 is 2.10 bits per heavy atom. The van der Waals surface area contributed by atoms with Crippen molar-refractivity contribution in [3.8, 4) is 0 Å². The number of rotatable bonds is 7. The predicted octanol–water partition coefficient (Wildman–Crippen LogP) is 2.62. The molecule has 2 N–H and O–H groups in total. The van der Waals surface area contributed by atoms with Gasteiger partial charge in [0.1, 0.15) is 0 Å². The van der Waals surface area contributed by atoms with Gasteiger partial charge in [0.25, 0.3) is 10.0 Å². The molecule has 0 aromatic carbocycles. The van der Waals surface area contributed by atoms with Gasteiger partial charge in [0.05, 0.1) is 5.69 Å². The molecule has 0 radical (unpaired) electrons. The molecule has 2 aromatic heterocycles. The lowest BCUT2D eigenvalue weighted by Gasteiger charge is -2.11. The quantitative estimate of drug-likeness (QED) is 0.821. The standard InChI is InChI=1S/C14H19N3O2S2/c1-3-11-7-9-20-13(11)10-17-21(18,19)14-12(15-4-2)6-5-8-16-14/h5-9,15,17H,3-4,10H2,1-2H3. The van der Waals surface area contributed by atoms with Crippen molar-refractivity contribution in [3.63, 3.8) is 0 Å². The molecule has 0 saturated heterocycles. The minimum Gasteiger partial charge on any atom is -0.383 e. The van der Waals surface area contributed by atoms with E-state index in [1.165, 1.54) is 11.8 Å². The summed E-state index contributed by atoms with van der Waals surface area (Å²) in [4.78, 5) is 5.05. The summed E-state index contributed by atoms with van der Waals surface area (Å²) in [6, 6.07) is 5.46. The average Bonchev–Trinajstić information content (AvgIpc) is 2.93. The Labute approximate surface area is 129 Å². The Balaban J connectivity index is 2.19. The highest BCUT2D eigenvalue weighted by Crippen LogP contribution is 2.20. The summed E-state index contributed by atoms with van der Waals surface area (Å²) in [6.07, 6.45) is 2.38. The van der Waals surface area contributed by atoms with Crippen LogP contribution in [-0.2, 0) is 23.0 Å². The van der Waals surface area contributed by atoms with Crippen LogP contribution >= 0.6 is 11.3 Å². The van der Waals surface area contributed by atoms with E-state index in [1.54, 1.807) is 23.5 Å². The molecule has 0 aliphatic heterocycles. The van der Waals surface area contributed by atoms with E-state index in [1.807, 2.05) is 18.4 Å². The second-order valence-electron chi connectivity index (χ2n) is 4.43. The van der Waals surface area contributed by atoms with Gasteiger partial charge in [0.15, 0.2) is 5.03 Å². The van der Waals surface area contributed by atoms with E-state index in [0.717, 1.165) is 11.3 Å². The molecule has 0 aliphatic rings. The maximum atomic E-state index is 12.4. The second-order valence-corrected chi connectivity index (χ2v) is 7.12. The van der Waals surface area contributed by atoms with E-state index in [-0.39, 0.29) is 5.03 Å². The van der Waals surface area contributed by atoms with Crippen molar-refractivity contribution in [2.45, 2.75) is 31.8 Å². The molecule has 0 spiro atoms. The van der Waals surface area contributed by atoms with Crippen LogP contribution in [0.15, 0.2) is 34.8 Å². The third-order valence-corrected chi connectivity index (χ3v) is 5.36. The molecule has 5 nitrogen and oxygen atoms in total. The SMILES string of the molecule is CCNc1cccnc1S(=O)(=O)NCc1sccc1CC. The van der Waals surface area contributed by atoms with E-state index >= 15 is 0 Å². The Bertz CT molecular complexity index is 696. The van der Waals surface area contributed by atoms with E-state index in [9.17, 15) is 8.42 Å². The summed E-state index contributed by atoms with van der Waals surface area (Å²) in [5.74, 6) is 0. The van der Waals surface area contributed by atoms with Crippen LogP contribution in [0.5, 0.6) is 0 Å². The monoisotopic (exact) mass is 325 g/mol. The number of aromatic nitrogens is 1. The molecule has 0 aliphatic carbocycles. The van der Waals surface area contributed by atoms with Crippen molar-refractivity contribution in [1.82, 2.24) is 9.71 Å². The van der Waals surface area contributed by atoms with Gasteiger partial charge in [0, 0.05) is 24.2 Å². The molecule has 0 amide bonds. The minimum absolute atomic E-state index is 0.0430. The average molecular weight is 325 g/mol. The number of nitrogens with one attached hydrogen (secondary N) is 2. The maximum Gasteiger partial charge on any atom is 0.260 e. The highest BCUT2D eigenvalue weighted by Gasteiger charge is 2.20. The number of nitrogens with zero attached hydrogens (tertiary/aromatic N) is 1. The zero-order valence-electron chi connectivity index (χ0n) is 12.1. The molecule has 2 rings (SSSR count). The normalized spacial score (nSPS) is 11.5. The number of aryl methyl sites for hydroxylation is 1. The molecule has 0 atom stereocenters. The molecule has 2 heterocycles. The Kier molecular flexibility index (Phi) is 5.33. The highest BCUT2D eigenvalue weighted by molar-refractivity contribution is 7.89. The molecule has 2 aromatic rings.